The van der Waals surface area contributed by atoms with Gasteiger partial charge in [0.2, 0.25) is 0 Å². The largest absolute Gasteiger partial charge is 0.457 e. The smallest absolute Gasteiger partial charge is 0.338 e. The second kappa shape index (κ2) is 7.25. The van der Waals surface area contributed by atoms with Crippen LogP contribution in [0.5, 0.6) is 0 Å². The van der Waals surface area contributed by atoms with Gasteiger partial charge in [0.25, 0.3) is 5.91 Å². The molecule has 0 saturated carbocycles. The Kier molecular flexibility index (Phi) is 4.52. The van der Waals surface area contributed by atoms with Gasteiger partial charge in [0.05, 0.1) is 22.5 Å². The van der Waals surface area contributed by atoms with E-state index < -0.39 is 0 Å². The molecular formula is C24H17ClN2O4. The molecule has 0 spiro atoms. The van der Waals surface area contributed by atoms with Crippen LogP contribution < -0.4 is 5.01 Å². The summed E-state index contributed by atoms with van der Waals surface area (Å²) in [6.45, 7) is 3.90. The molecule has 0 bridgehead atoms. The van der Waals surface area contributed by atoms with Gasteiger partial charge in [0.15, 0.2) is 0 Å². The van der Waals surface area contributed by atoms with E-state index in [-0.39, 0.29) is 18.5 Å². The van der Waals surface area contributed by atoms with Crippen LogP contribution in [0.2, 0.25) is 5.02 Å². The zero-order valence-electron chi connectivity index (χ0n) is 16.8. The number of carbonyl (C=O) groups is 2. The lowest BCUT2D eigenvalue weighted by Crippen LogP contribution is -2.22. The van der Waals surface area contributed by atoms with E-state index in [1.54, 1.807) is 37.3 Å². The number of rotatable bonds is 3. The summed E-state index contributed by atoms with van der Waals surface area (Å²) in [6.07, 6.45) is 1.69. The van der Waals surface area contributed by atoms with E-state index in [1.165, 1.54) is 5.01 Å². The van der Waals surface area contributed by atoms with Gasteiger partial charge in [0, 0.05) is 16.1 Å². The standard InChI is InChI=1S/C24H17ClN2O4/c1-13-20(25)4-3-5-21(13)27-23(28)19(14(2)26-27)11-17-7-9-22(31-17)15-6-8-18-16(10-15)12-30-24(18)29/h3-11H,12H2,1-2H3. The minimum atomic E-state index is -0.305. The number of furan rings is 1. The Morgan fingerprint density at radius 3 is 2.77 bits per heavy atom. The number of hydrazone groups is 1. The van der Waals surface area contributed by atoms with Crippen molar-refractivity contribution < 1.29 is 18.7 Å². The molecule has 1 amide bonds. The number of esters is 1. The average molecular weight is 433 g/mol. The van der Waals surface area contributed by atoms with Crippen LogP contribution in [0.15, 0.2) is 63.6 Å². The Morgan fingerprint density at radius 1 is 1.10 bits per heavy atom. The molecule has 3 heterocycles. The maximum Gasteiger partial charge on any atom is 0.338 e. The molecule has 7 heteroatoms. The van der Waals surface area contributed by atoms with Crippen molar-refractivity contribution in [3.63, 3.8) is 0 Å². The van der Waals surface area contributed by atoms with Gasteiger partial charge in [-0.25, -0.2) is 4.79 Å². The van der Waals surface area contributed by atoms with Crippen LogP contribution in [0, 0.1) is 6.92 Å². The highest BCUT2D eigenvalue weighted by Crippen LogP contribution is 2.32. The van der Waals surface area contributed by atoms with Crippen LogP contribution in [-0.4, -0.2) is 17.6 Å². The minimum absolute atomic E-state index is 0.242. The molecular weight excluding hydrogens is 416 g/mol. The number of fused-ring (bicyclic) bond motifs is 1. The second-order valence-electron chi connectivity index (χ2n) is 7.39. The van der Waals surface area contributed by atoms with E-state index >= 15 is 0 Å². The Morgan fingerprint density at radius 2 is 1.94 bits per heavy atom. The first kappa shape index (κ1) is 19.3. The van der Waals surface area contributed by atoms with Crippen LogP contribution in [-0.2, 0) is 16.1 Å². The molecule has 3 aromatic rings. The first-order valence-corrected chi connectivity index (χ1v) is 10.1. The first-order valence-electron chi connectivity index (χ1n) is 9.69. The second-order valence-corrected chi connectivity index (χ2v) is 7.80. The van der Waals surface area contributed by atoms with Crippen molar-refractivity contribution in [2.75, 3.05) is 5.01 Å². The zero-order valence-corrected chi connectivity index (χ0v) is 17.6. The van der Waals surface area contributed by atoms with Gasteiger partial charge >= 0.3 is 5.97 Å². The van der Waals surface area contributed by atoms with Gasteiger partial charge in [-0.1, -0.05) is 23.7 Å². The third-order valence-electron chi connectivity index (χ3n) is 5.41. The van der Waals surface area contributed by atoms with E-state index in [4.69, 9.17) is 20.8 Å². The number of ether oxygens (including phenoxy) is 1. The quantitative estimate of drug-likeness (QED) is 0.411. The van der Waals surface area contributed by atoms with Gasteiger partial charge in [-0.2, -0.15) is 10.1 Å². The van der Waals surface area contributed by atoms with Crippen molar-refractivity contribution in [2.45, 2.75) is 20.5 Å². The molecule has 0 saturated heterocycles. The molecule has 0 N–H and O–H groups in total. The van der Waals surface area contributed by atoms with E-state index in [0.29, 0.717) is 39.1 Å². The SMILES string of the molecule is CC1=NN(c2cccc(Cl)c2C)C(=O)C1=Cc1ccc(-c2ccc3c(c2)COC3=O)o1. The zero-order chi connectivity index (χ0) is 21.7. The van der Waals surface area contributed by atoms with Crippen molar-refractivity contribution in [3.05, 3.63) is 81.6 Å². The highest BCUT2D eigenvalue weighted by atomic mass is 35.5. The first-order chi connectivity index (χ1) is 14.9. The molecule has 1 aromatic heterocycles. The summed E-state index contributed by atoms with van der Waals surface area (Å²) in [5.74, 6) is 0.622. The van der Waals surface area contributed by atoms with Gasteiger partial charge in [0.1, 0.15) is 18.1 Å². The molecule has 0 radical (unpaired) electrons. The van der Waals surface area contributed by atoms with Crippen LogP contribution in [0.1, 0.15) is 34.2 Å². The summed E-state index contributed by atoms with van der Waals surface area (Å²) >= 11 is 6.20. The highest BCUT2D eigenvalue weighted by Gasteiger charge is 2.30. The molecule has 0 atom stereocenters. The van der Waals surface area contributed by atoms with Crippen LogP contribution >= 0.6 is 11.6 Å². The summed E-state index contributed by atoms with van der Waals surface area (Å²) in [4.78, 5) is 24.7. The fourth-order valence-corrected chi connectivity index (χ4v) is 3.86. The number of amides is 1. The fourth-order valence-electron chi connectivity index (χ4n) is 3.69. The van der Waals surface area contributed by atoms with Crippen LogP contribution in [0.25, 0.3) is 17.4 Å². The Hall–Kier alpha value is -3.64. The predicted octanol–water partition coefficient (Wildman–Crippen LogP) is 5.38. The third-order valence-corrected chi connectivity index (χ3v) is 5.82. The van der Waals surface area contributed by atoms with E-state index in [2.05, 4.69) is 5.10 Å². The predicted molar refractivity (Wildman–Crippen MR) is 118 cm³/mol. The molecule has 154 valence electrons. The fraction of sp³-hybridized carbons (Fsp3) is 0.125. The lowest BCUT2D eigenvalue weighted by molar-refractivity contribution is -0.114. The van der Waals surface area contributed by atoms with Crippen molar-refractivity contribution in [1.29, 1.82) is 0 Å². The number of carbonyl (C=O) groups excluding carboxylic acids is 2. The normalized spacial score (nSPS) is 16.7. The maximum absolute atomic E-state index is 13.0. The number of anilines is 1. The van der Waals surface area contributed by atoms with E-state index in [0.717, 1.165) is 16.7 Å². The number of hydrogen-bond acceptors (Lipinski definition) is 5. The van der Waals surface area contributed by atoms with Crippen molar-refractivity contribution in [1.82, 2.24) is 0 Å². The van der Waals surface area contributed by atoms with Crippen molar-refractivity contribution >= 4 is 41.0 Å². The van der Waals surface area contributed by atoms with Crippen LogP contribution in [0.4, 0.5) is 5.69 Å². The molecule has 5 rings (SSSR count). The number of halogens is 1. The molecule has 0 aliphatic carbocycles. The monoisotopic (exact) mass is 432 g/mol. The molecule has 2 aromatic carbocycles. The molecule has 2 aliphatic rings. The summed E-state index contributed by atoms with van der Waals surface area (Å²) in [7, 11) is 0. The summed E-state index contributed by atoms with van der Waals surface area (Å²) in [5.41, 5.74) is 4.73. The Balaban J connectivity index is 1.44. The molecule has 0 unspecified atom stereocenters. The average Bonchev–Trinajstić information content (AvgIpc) is 3.45. The topological polar surface area (TPSA) is 72.1 Å². The highest BCUT2D eigenvalue weighted by molar-refractivity contribution is 6.34. The molecule has 2 aliphatic heterocycles. The van der Waals surface area contributed by atoms with Gasteiger partial charge < -0.3 is 9.15 Å². The van der Waals surface area contributed by atoms with Crippen LogP contribution in [0.3, 0.4) is 0 Å². The Labute approximate surface area is 183 Å². The number of nitrogens with zero attached hydrogens (tertiary/aromatic N) is 2. The number of hydrogen-bond donors (Lipinski definition) is 0. The number of benzene rings is 2. The maximum atomic E-state index is 13.0. The Bertz CT molecular complexity index is 1320. The van der Waals surface area contributed by atoms with E-state index in [1.807, 2.05) is 31.2 Å². The van der Waals surface area contributed by atoms with Gasteiger partial charge in [-0.15, -0.1) is 0 Å². The minimum Gasteiger partial charge on any atom is -0.457 e. The third kappa shape index (κ3) is 3.25. The lowest BCUT2D eigenvalue weighted by Gasteiger charge is -2.15. The summed E-state index contributed by atoms with van der Waals surface area (Å²) < 4.78 is 11.0. The van der Waals surface area contributed by atoms with Gasteiger partial charge in [-0.3, -0.25) is 4.79 Å². The summed E-state index contributed by atoms with van der Waals surface area (Å²) in [5, 5.41) is 6.36. The summed E-state index contributed by atoms with van der Waals surface area (Å²) in [6, 6.07) is 14.4. The lowest BCUT2D eigenvalue weighted by atomic mass is 10.0. The van der Waals surface area contributed by atoms with Crippen molar-refractivity contribution in [3.8, 4) is 11.3 Å². The molecule has 6 nitrogen and oxygen atoms in total. The number of cyclic esters (lactones) is 1. The molecule has 31 heavy (non-hydrogen) atoms. The van der Waals surface area contributed by atoms with E-state index in [9.17, 15) is 9.59 Å². The van der Waals surface area contributed by atoms with Crippen molar-refractivity contribution in [2.24, 2.45) is 5.10 Å². The molecule has 0 fully saturated rings. The van der Waals surface area contributed by atoms with Gasteiger partial charge in [-0.05, 0) is 61.9 Å².